The minimum Gasteiger partial charge on any atom is -0.316 e. The standard InChI is InChI=1S/C9H18F2N2/c1-9(3-2-4-12-6-9)7-13-5-8(10)11/h8,12-13H,2-7H2,1H3. The highest BCUT2D eigenvalue weighted by molar-refractivity contribution is 4.83. The molecule has 1 unspecified atom stereocenters. The molecule has 1 rings (SSSR count). The molecule has 0 aromatic heterocycles. The average Bonchev–Trinajstić information content (AvgIpc) is 2.04. The third-order valence-electron chi connectivity index (χ3n) is 2.54. The lowest BCUT2D eigenvalue weighted by atomic mass is 9.83. The number of rotatable bonds is 4. The number of halogens is 2. The number of piperidine rings is 1. The van der Waals surface area contributed by atoms with Gasteiger partial charge in [-0.3, -0.25) is 0 Å². The van der Waals surface area contributed by atoms with Crippen LogP contribution in [0, 0.1) is 5.41 Å². The molecule has 1 aliphatic rings. The van der Waals surface area contributed by atoms with Crippen LogP contribution in [0.25, 0.3) is 0 Å². The normalized spacial score (nSPS) is 29.5. The van der Waals surface area contributed by atoms with Crippen molar-refractivity contribution in [1.29, 1.82) is 0 Å². The fourth-order valence-corrected chi connectivity index (χ4v) is 1.75. The molecule has 1 heterocycles. The first-order chi connectivity index (χ1) is 6.12. The Bertz CT molecular complexity index is 145. The molecular formula is C9H18F2N2. The van der Waals surface area contributed by atoms with Crippen molar-refractivity contribution in [3.63, 3.8) is 0 Å². The second kappa shape index (κ2) is 4.86. The maximum atomic E-state index is 11.8. The summed E-state index contributed by atoms with van der Waals surface area (Å²) in [5.74, 6) is 0. The molecule has 1 aliphatic heterocycles. The molecule has 0 aliphatic carbocycles. The zero-order valence-corrected chi connectivity index (χ0v) is 8.08. The van der Waals surface area contributed by atoms with Gasteiger partial charge in [-0.1, -0.05) is 6.92 Å². The molecule has 1 atom stereocenters. The largest absolute Gasteiger partial charge is 0.316 e. The quantitative estimate of drug-likeness (QED) is 0.700. The van der Waals surface area contributed by atoms with Gasteiger partial charge in [-0.15, -0.1) is 0 Å². The molecule has 0 spiro atoms. The maximum Gasteiger partial charge on any atom is 0.250 e. The third-order valence-corrected chi connectivity index (χ3v) is 2.54. The molecule has 4 heteroatoms. The summed E-state index contributed by atoms with van der Waals surface area (Å²) in [7, 11) is 0. The van der Waals surface area contributed by atoms with E-state index in [1.807, 2.05) is 0 Å². The molecule has 2 N–H and O–H groups in total. The van der Waals surface area contributed by atoms with Gasteiger partial charge in [0.2, 0.25) is 0 Å². The van der Waals surface area contributed by atoms with Gasteiger partial charge in [0.25, 0.3) is 6.43 Å². The molecule has 0 bridgehead atoms. The van der Waals surface area contributed by atoms with E-state index in [9.17, 15) is 8.78 Å². The molecule has 1 saturated heterocycles. The zero-order valence-electron chi connectivity index (χ0n) is 8.08. The summed E-state index contributed by atoms with van der Waals surface area (Å²) in [6.07, 6.45) is 0.0310. The average molecular weight is 192 g/mol. The maximum absolute atomic E-state index is 11.8. The first-order valence-corrected chi connectivity index (χ1v) is 4.82. The van der Waals surface area contributed by atoms with Crippen LogP contribution in [-0.4, -0.2) is 32.6 Å². The van der Waals surface area contributed by atoms with E-state index in [2.05, 4.69) is 17.6 Å². The van der Waals surface area contributed by atoms with Crippen LogP contribution in [0.1, 0.15) is 19.8 Å². The molecule has 0 amide bonds. The number of alkyl halides is 2. The number of hydrogen-bond acceptors (Lipinski definition) is 2. The Hall–Kier alpha value is -0.220. The van der Waals surface area contributed by atoms with Crippen molar-refractivity contribution in [1.82, 2.24) is 10.6 Å². The van der Waals surface area contributed by atoms with Gasteiger partial charge in [0, 0.05) is 13.1 Å². The van der Waals surface area contributed by atoms with E-state index >= 15 is 0 Å². The van der Waals surface area contributed by atoms with Crippen LogP contribution >= 0.6 is 0 Å². The van der Waals surface area contributed by atoms with E-state index in [1.54, 1.807) is 0 Å². The fourth-order valence-electron chi connectivity index (χ4n) is 1.75. The van der Waals surface area contributed by atoms with Gasteiger partial charge in [-0.05, 0) is 24.8 Å². The highest BCUT2D eigenvalue weighted by atomic mass is 19.3. The van der Waals surface area contributed by atoms with Crippen LogP contribution in [0.15, 0.2) is 0 Å². The smallest absolute Gasteiger partial charge is 0.250 e. The Kier molecular flexibility index (Phi) is 4.06. The topological polar surface area (TPSA) is 24.1 Å². The van der Waals surface area contributed by atoms with Gasteiger partial charge in [0.05, 0.1) is 6.54 Å². The van der Waals surface area contributed by atoms with Crippen molar-refractivity contribution in [2.24, 2.45) is 5.41 Å². The van der Waals surface area contributed by atoms with Crippen molar-refractivity contribution < 1.29 is 8.78 Å². The van der Waals surface area contributed by atoms with E-state index in [0.717, 1.165) is 25.9 Å². The van der Waals surface area contributed by atoms with Gasteiger partial charge >= 0.3 is 0 Å². The fraction of sp³-hybridized carbons (Fsp3) is 1.00. The number of nitrogens with one attached hydrogen (secondary N) is 2. The molecule has 0 saturated carbocycles. The summed E-state index contributed by atoms with van der Waals surface area (Å²) in [6, 6.07) is 0. The summed E-state index contributed by atoms with van der Waals surface area (Å²) in [5, 5.41) is 6.09. The molecular weight excluding hydrogens is 174 g/mol. The van der Waals surface area contributed by atoms with Crippen LogP contribution in [0.3, 0.4) is 0 Å². The second-order valence-corrected chi connectivity index (χ2v) is 4.11. The Labute approximate surface area is 78.1 Å². The van der Waals surface area contributed by atoms with E-state index < -0.39 is 6.43 Å². The van der Waals surface area contributed by atoms with Crippen LogP contribution in [0.5, 0.6) is 0 Å². The highest BCUT2D eigenvalue weighted by Gasteiger charge is 2.26. The van der Waals surface area contributed by atoms with Gasteiger partial charge in [0.1, 0.15) is 0 Å². The van der Waals surface area contributed by atoms with Crippen LogP contribution in [0.2, 0.25) is 0 Å². The predicted octanol–water partition coefficient (Wildman–Crippen LogP) is 1.23. The Morgan fingerprint density at radius 1 is 1.54 bits per heavy atom. The zero-order chi connectivity index (χ0) is 9.73. The van der Waals surface area contributed by atoms with E-state index in [1.165, 1.54) is 0 Å². The lowest BCUT2D eigenvalue weighted by Crippen LogP contribution is -2.45. The Balaban J connectivity index is 2.17. The summed E-state index contributed by atoms with van der Waals surface area (Å²) >= 11 is 0. The molecule has 1 fully saturated rings. The summed E-state index contributed by atoms with van der Waals surface area (Å²) in [4.78, 5) is 0. The third kappa shape index (κ3) is 4.00. The minimum absolute atomic E-state index is 0.160. The summed E-state index contributed by atoms with van der Waals surface area (Å²) in [5.41, 5.74) is 0.160. The van der Waals surface area contributed by atoms with Crippen molar-refractivity contribution in [3.8, 4) is 0 Å². The molecule has 78 valence electrons. The minimum atomic E-state index is -2.24. The van der Waals surface area contributed by atoms with E-state index in [-0.39, 0.29) is 12.0 Å². The first kappa shape index (κ1) is 10.9. The van der Waals surface area contributed by atoms with E-state index in [0.29, 0.717) is 6.54 Å². The highest BCUT2D eigenvalue weighted by Crippen LogP contribution is 2.23. The van der Waals surface area contributed by atoms with Crippen molar-refractivity contribution in [2.45, 2.75) is 26.2 Å². The molecule has 0 aromatic rings. The van der Waals surface area contributed by atoms with Gasteiger partial charge < -0.3 is 10.6 Å². The molecule has 2 nitrogen and oxygen atoms in total. The SMILES string of the molecule is CC1(CNCC(F)F)CCCNC1. The van der Waals surface area contributed by atoms with Gasteiger partial charge in [-0.25, -0.2) is 8.78 Å². The van der Waals surface area contributed by atoms with Crippen molar-refractivity contribution in [2.75, 3.05) is 26.2 Å². The summed E-state index contributed by atoms with van der Waals surface area (Å²) < 4.78 is 23.7. The van der Waals surface area contributed by atoms with Crippen molar-refractivity contribution in [3.05, 3.63) is 0 Å². The Morgan fingerprint density at radius 2 is 2.31 bits per heavy atom. The first-order valence-electron chi connectivity index (χ1n) is 4.82. The lowest BCUT2D eigenvalue weighted by Gasteiger charge is -2.34. The lowest BCUT2D eigenvalue weighted by molar-refractivity contribution is 0.135. The van der Waals surface area contributed by atoms with Gasteiger partial charge in [0.15, 0.2) is 0 Å². The predicted molar refractivity (Wildman–Crippen MR) is 49.1 cm³/mol. The Morgan fingerprint density at radius 3 is 2.85 bits per heavy atom. The monoisotopic (exact) mass is 192 g/mol. The molecule has 13 heavy (non-hydrogen) atoms. The van der Waals surface area contributed by atoms with Crippen LogP contribution in [0.4, 0.5) is 8.78 Å². The second-order valence-electron chi connectivity index (χ2n) is 4.11. The van der Waals surface area contributed by atoms with Crippen LogP contribution < -0.4 is 10.6 Å². The van der Waals surface area contributed by atoms with Crippen molar-refractivity contribution >= 4 is 0 Å². The molecule has 0 aromatic carbocycles. The molecule has 0 radical (unpaired) electrons. The van der Waals surface area contributed by atoms with Gasteiger partial charge in [-0.2, -0.15) is 0 Å². The van der Waals surface area contributed by atoms with Crippen LogP contribution in [-0.2, 0) is 0 Å². The number of hydrogen-bond donors (Lipinski definition) is 2. The van der Waals surface area contributed by atoms with E-state index in [4.69, 9.17) is 0 Å². The summed E-state index contributed by atoms with van der Waals surface area (Å²) in [6.45, 7) is 4.63.